The number of hydrogen-bond donors (Lipinski definition) is 0. The zero-order valence-corrected chi connectivity index (χ0v) is 18.1. The van der Waals surface area contributed by atoms with Crippen LogP contribution < -0.4 is 9.47 Å². The summed E-state index contributed by atoms with van der Waals surface area (Å²) in [6.45, 7) is 2.46. The first kappa shape index (κ1) is 20.8. The van der Waals surface area contributed by atoms with Crippen LogP contribution in [-0.4, -0.2) is 40.9 Å². The molecule has 3 aromatic rings. The Bertz CT molecular complexity index is 1120. The summed E-state index contributed by atoms with van der Waals surface area (Å²) in [5, 5.41) is -0.279. The van der Waals surface area contributed by atoms with Gasteiger partial charge in [-0.15, -0.1) is 0 Å². The summed E-state index contributed by atoms with van der Waals surface area (Å²) in [7, 11) is 1.63. The van der Waals surface area contributed by atoms with E-state index in [0.29, 0.717) is 10.7 Å². The minimum atomic E-state index is -0.292. The van der Waals surface area contributed by atoms with Gasteiger partial charge in [0.05, 0.1) is 18.6 Å². The minimum absolute atomic E-state index is 0.211. The maximum Gasteiger partial charge on any atom is 0.293 e. The van der Waals surface area contributed by atoms with E-state index in [4.69, 9.17) is 9.47 Å². The first-order valence-electron chi connectivity index (χ1n) is 9.81. The molecule has 7 heteroatoms. The summed E-state index contributed by atoms with van der Waals surface area (Å²) < 4.78 is 12.8. The van der Waals surface area contributed by atoms with Gasteiger partial charge in [0.1, 0.15) is 18.1 Å². The summed E-state index contributed by atoms with van der Waals surface area (Å²) in [5.74, 6) is 1.21. The van der Waals surface area contributed by atoms with Gasteiger partial charge in [0.15, 0.2) is 0 Å². The van der Waals surface area contributed by atoms with Crippen LogP contribution in [0.1, 0.15) is 11.1 Å². The number of amides is 2. The third-order valence-corrected chi connectivity index (χ3v) is 5.77. The Kier molecular flexibility index (Phi) is 6.13. The molecular formula is C24H22N2O4S. The Labute approximate surface area is 185 Å². The van der Waals surface area contributed by atoms with Crippen molar-refractivity contribution < 1.29 is 19.1 Å². The maximum absolute atomic E-state index is 12.7. The van der Waals surface area contributed by atoms with Crippen molar-refractivity contribution in [1.29, 1.82) is 0 Å². The van der Waals surface area contributed by atoms with E-state index in [-0.39, 0.29) is 24.3 Å². The summed E-state index contributed by atoms with van der Waals surface area (Å²) in [6.07, 6.45) is 5.56. The lowest BCUT2D eigenvalue weighted by Gasteiger charge is -2.13. The third kappa shape index (κ3) is 4.83. The standard InChI is InChI=1S/C24H22N2O4S/c1-17-3-7-21(8-4-17)30-14-13-26-23(27)22(31-24(26)28)15-18-11-12-25(16-18)19-5-9-20(29-2)10-6-19/h3-12,15-16H,13-14H2,1-2H3/b22-15+. The molecule has 4 rings (SSSR count). The summed E-state index contributed by atoms with van der Waals surface area (Å²) >= 11 is 0.952. The molecule has 1 fully saturated rings. The second-order valence-corrected chi connectivity index (χ2v) is 8.04. The highest BCUT2D eigenvalue weighted by molar-refractivity contribution is 8.18. The van der Waals surface area contributed by atoms with Crippen molar-refractivity contribution in [3.8, 4) is 17.2 Å². The van der Waals surface area contributed by atoms with Gasteiger partial charge in [-0.1, -0.05) is 17.7 Å². The molecule has 2 heterocycles. The molecule has 6 nitrogen and oxygen atoms in total. The molecule has 0 spiro atoms. The predicted octanol–water partition coefficient (Wildman–Crippen LogP) is 4.91. The van der Waals surface area contributed by atoms with E-state index in [1.807, 2.05) is 78.5 Å². The van der Waals surface area contributed by atoms with Crippen molar-refractivity contribution in [2.24, 2.45) is 0 Å². The van der Waals surface area contributed by atoms with Gasteiger partial charge in [0.2, 0.25) is 0 Å². The quantitative estimate of drug-likeness (QED) is 0.495. The number of nitrogens with zero attached hydrogens (tertiary/aromatic N) is 2. The first-order valence-corrected chi connectivity index (χ1v) is 10.6. The molecule has 0 unspecified atom stereocenters. The van der Waals surface area contributed by atoms with Crippen molar-refractivity contribution in [1.82, 2.24) is 9.47 Å². The fourth-order valence-electron chi connectivity index (χ4n) is 3.15. The Morgan fingerprint density at radius 2 is 1.68 bits per heavy atom. The van der Waals surface area contributed by atoms with Crippen LogP contribution in [-0.2, 0) is 4.79 Å². The molecule has 2 aromatic carbocycles. The van der Waals surface area contributed by atoms with Crippen LogP contribution in [0.3, 0.4) is 0 Å². The van der Waals surface area contributed by atoms with Crippen LogP contribution in [0.5, 0.6) is 11.5 Å². The van der Waals surface area contributed by atoms with Gasteiger partial charge in [-0.25, -0.2) is 0 Å². The van der Waals surface area contributed by atoms with Gasteiger partial charge in [-0.3, -0.25) is 14.5 Å². The van der Waals surface area contributed by atoms with E-state index in [1.54, 1.807) is 13.2 Å². The number of hydrogen-bond acceptors (Lipinski definition) is 5. The molecule has 1 aromatic heterocycles. The van der Waals surface area contributed by atoms with Crippen molar-refractivity contribution in [3.05, 3.63) is 83.0 Å². The predicted molar refractivity (Wildman–Crippen MR) is 122 cm³/mol. The summed E-state index contributed by atoms with van der Waals surface area (Å²) in [4.78, 5) is 26.6. The molecule has 1 aliphatic heterocycles. The Hall–Kier alpha value is -3.45. The van der Waals surface area contributed by atoms with E-state index in [9.17, 15) is 9.59 Å². The highest BCUT2D eigenvalue weighted by Crippen LogP contribution is 2.32. The molecule has 0 N–H and O–H groups in total. The maximum atomic E-state index is 12.7. The van der Waals surface area contributed by atoms with Crippen molar-refractivity contribution in [3.63, 3.8) is 0 Å². The number of carbonyl (C=O) groups is 2. The van der Waals surface area contributed by atoms with E-state index in [2.05, 4.69) is 0 Å². The number of benzene rings is 2. The largest absolute Gasteiger partial charge is 0.497 e. The van der Waals surface area contributed by atoms with Crippen LogP contribution in [0.2, 0.25) is 0 Å². The number of aryl methyl sites for hydroxylation is 1. The molecule has 158 valence electrons. The topological polar surface area (TPSA) is 60.8 Å². The van der Waals surface area contributed by atoms with Crippen molar-refractivity contribution >= 4 is 29.0 Å². The molecule has 2 amide bonds. The van der Waals surface area contributed by atoms with E-state index < -0.39 is 0 Å². The lowest BCUT2D eigenvalue weighted by atomic mass is 10.2. The van der Waals surface area contributed by atoms with E-state index >= 15 is 0 Å². The average molecular weight is 435 g/mol. The van der Waals surface area contributed by atoms with Crippen molar-refractivity contribution in [2.75, 3.05) is 20.3 Å². The number of aromatic nitrogens is 1. The normalized spacial score (nSPS) is 15.0. The zero-order valence-electron chi connectivity index (χ0n) is 17.3. The second-order valence-electron chi connectivity index (χ2n) is 7.04. The monoisotopic (exact) mass is 434 g/mol. The zero-order chi connectivity index (χ0) is 21.8. The van der Waals surface area contributed by atoms with Gasteiger partial charge in [0, 0.05) is 18.1 Å². The lowest BCUT2D eigenvalue weighted by molar-refractivity contribution is -0.123. The van der Waals surface area contributed by atoms with Crippen LogP contribution in [0.4, 0.5) is 4.79 Å². The van der Waals surface area contributed by atoms with Gasteiger partial charge >= 0.3 is 0 Å². The number of methoxy groups -OCH3 is 1. The van der Waals surface area contributed by atoms with Gasteiger partial charge in [-0.2, -0.15) is 0 Å². The van der Waals surface area contributed by atoms with Gasteiger partial charge in [0.25, 0.3) is 11.1 Å². The van der Waals surface area contributed by atoms with Gasteiger partial charge < -0.3 is 14.0 Å². The molecule has 31 heavy (non-hydrogen) atoms. The lowest BCUT2D eigenvalue weighted by Crippen LogP contribution is -2.32. The molecule has 0 aliphatic carbocycles. The van der Waals surface area contributed by atoms with Gasteiger partial charge in [-0.05, 0) is 72.8 Å². The Balaban J connectivity index is 1.39. The number of thioether (sulfide) groups is 1. The fraction of sp³-hybridized carbons (Fsp3) is 0.167. The van der Waals surface area contributed by atoms with Crippen LogP contribution >= 0.6 is 11.8 Å². The van der Waals surface area contributed by atoms with Crippen LogP contribution in [0, 0.1) is 6.92 Å². The number of carbonyl (C=O) groups excluding carboxylic acids is 2. The first-order chi connectivity index (χ1) is 15.0. The highest BCUT2D eigenvalue weighted by Gasteiger charge is 2.34. The Morgan fingerprint density at radius 3 is 2.39 bits per heavy atom. The third-order valence-electron chi connectivity index (χ3n) is 4.86. The second kappa shape index (κ2) is 9.14. The van der Waals surface area contributed by atoms with E-state index in [0.717, 1.165) is 34.3 Å². The number of rotatable bonds is 7. The Morgan fingerprint density at radius 1 is 0.968 bits per heavy atom. The summed E-state index contributed by atoms with van der Waals surface area (Å²) in [6, 6.07) is 17.2. The molecule has 1 saturated heterocycles. The van der Waals surface area contributed by atoms with Crippen LogP contribution in [0.15, 0.2) is 71.9 Å². The smallest absolute Gasteiger partial charge is 0.293 e. The molecule has 0 saturated carbocycles. The molecule has 0 atom stereocenters. The number of imide groups is 1. The molecule has 0 radical (unpaired) electrons. The SMILES string of the molecule is COc1ccc(-n2ccc(/C=C3/SC(=O)N(CCOc4ccc(C)cc4)C3=O)c2)cc1. The molecule has 0 bridgehead atoms. The highest BCUT2D eigenvalue weighted by atomic mass is 32.2. The minimum Gasteiger partial charge on any atom is -0.497 e. The van der Waals surface area contributed by atoms with E-state index in [1.165, 1.54) is 4.90 Å². The summed E-state index contributed by atoms with van der Waals surface area (Å²) in [5.41, 5.74) is 2.96. The fourth-order valence-corrected chi connectivity index (χ4v) is 4.01. The van der Waals surface area contributed by atoms with Crippen molar-refractivity contribution in [2.45, 2.75) is 6.92 Å². The van der Waals surface area contributed by atoms with Crippen LogP contribution in [0.25, 0.3) is 11.8 Å². The molecule has 1 aliphatic rings. The molecular weight excluding hydrogens is 412 g/mol. The number of ether oxygens (including phenoxy) is 2. The average Bonchev–Trinajstić information content (AvgIpc) is 3.35.